The zero-order valence-electron chi connectivity index (χ0n) is 29.0. The first kappa shape index (κ1) is 42.4. The van der Waals surface area contributed by atoms with Crippen molar-refractivity contribution in [1.82, 2.24) is 0 Å². The van der Waals surface area contributed by atoms with E-state index in [0.29, 0.717) is 0 Å². The van der Waals surface area contributed by atoms with Crippen molar-refractivity contribution in [3.05, 3.63) is 151 Å². The molecule has 8 nitrogen and oxygen atoms in total. The van der Waals surface area contributed by atoms with Crippen LogP contribution in [0.1, 0.15) is 24.2 Å². The van der Waals surface area contributed by atoms with Crippen LogP contribution >= 0.6 is 31.4 Å². The maximum atomic E-state index is 10.5. The van der Waals surface area contributed by atoms with Gasteiger partial charge in [0.05, 0.1) is 5.02 Å². The zero-order chi connectivity index (χ0) is 37.9. The van der Waals surface area contributed by atoms with Crippen molar-refractivity contribution in [1.29, 1.82) is 0 Å². The van der Waals surface area contributed by atoms with E-state index in [4.69, 9.17) is 48.0 Å². The van der Waals surface area contributed by atoms with Crippen molar-refractivity contribution in [2.24, 2.45) is 0 Å². The van der Waals surface area contributed by atoms with Gasteiger partial charge in [-0.25, -0.2) is 4.79 Å². The number of aliphatic carboxylic acids is 2. The van der Waals surface area contributed by atoms with Gasteiger partial charge >= 0.3 is 97.5 Å². The van der Waals surface area contributed by atoms with Gasteiger partial charge in [-0.3, -0.25) is 9.59 Å². The van der Waals surface area contributed by atoms with E-state index in [9.17, 15) is 4.79 Å². The topological polar surface area (TPSA) is 164 Å². The van der Waals surface area contributed by atoms with E-state index in [-0.39, 0.29) is 36.7 Å². The second kappa shape index (κ2) is 19.7. The number of fused-ring (bicyclic) bond motifs is 9. The number of benzene rings is 7. The van der Waals surface area contributed by atoms with Gasteiger partial charge in [-0.15, -0.1) is 0 Å². The van der Waals surface area contributed by atoms with E-state index in [1.54, 1.807) is 13.2 Å². The fourth-order valence-electron chi connectivity index (χ4n) is 5.71. The normalized spacial score (nSPS) is 11.0. The van der Waals surface area contributed by atoms with Crippen LogP contribution in [0, 0.1) is 7.14 Å². The van der Waals surface area contributed by atoms with Crippen molar-refractivity contribution >= 4 is 93.0 Å². The van der Waals surface area contributed by atoms with Crippen LogP contribution in [0.15, 0.2) is 133 Å². The smallest absolute Gasteiger partial charge is 0.339 e. The molecular formula is C42H38ClIN2O6Pd. The molecule has 0 atom stereocenters. The van der Waals surface area contributed by atoms with Crippen molar-refractivity contribution < 1.29 is 50.1 Å². The third kappa shape index (κ3) is 10.6. The van der Waals surface area contributed by atoms with E-state index in [0.717, 1.165) is 24.9 Å². The van der Waals surface area contributed by atoms with Gasteiger partial charge in [-0.2, -0.15) is 0 Å². The molecule has 1 aliphatic rings. The number of nitrogens with two attached hydrogens (primary N) is 2. The summed E-state index contributed by atoms with van der Waals surface area (Å²) in [5.41, 5.74) is 15.5. The summed E-state index contributed by atoms with van der Waals surface area (Å²) in [5, 5.41) is 31.0. The predicted molar refractivity (Wildman–Crippen MR) is 222 cm³/mol. The Morgan fingerprint density at radius 1 is 0.528 bits per heavy atom. The number of anilines is 2. The van der Waals surface area contributed by atoms with Crippen LogP contribution < -0.4 is 11.5 Å². The second-order valence-corrected chi connectivity index (χ2v) is 16.8. The standard InChI is InChI=1S/C18H13N.C13H11I.C7H6ClNO2.2C2H4O2.Pd/c19-17-11-5-10-16-14-7-2-1-6-12(14)13-8-3-4-9-15(13)18(16)17;1-14-12-8-4-2-6-10(12)11-7-3-5-9-13(11)14;8-4-2-1-3-5(9)6(4)7(10)11;2*1-2(3)4;/h1-11H,19H2;2-9H,1H3;1-3H,9H2,(H,10,11);2*1H3,(H,3,4);. The molecule has 8 rings (SSSR count). The Morgan fingerprint density at radius 3 is 1.28 bits per heavy atom. The quantitative estimate of drug-likeness (QED) is 0.0357. The largest absolute Gasteiger partial charge is 0.478 e. The molecule has 0 aliphatic carbocycles. The molecule has 0 unspecified atom stereocenters. The number of hydrogen-bond acceptors (Lipinski definition) is 5. The fraction of sp³-hybridized carbons (Fsp3) is 0.0714. The summed E-state index contributed by atoms with van der Waals surface area (Å²) in [4.78, 5) is 30.9. The molecule has 0 spiro atoms. The van der Waals surface area contributed by atoms with Crippen LogP contribution in [-0.4, -0.2) is 38.2 Å². The Kier molecular flexibility index (Phi) is 15.8. The molecule has 1 heterocycles. The van der Waals surface area contributed by atoms with Crippen LogP contribution in [0.4, 0.5) is 11.4 Å². The van der Waals surface area contributed by atoms with Gasteiger partial charge in [0, 0.05) is 51.0 Å². The summed E-state index contributed by atoms with van der Waals surface area (Å²) in [6.45, 7) is 2.17. The minimum absolute atomic E-state index is 0. The van der Waals surface area contributed by atoms with Crippen LogP contribution in [0.3, 0.4) is 0 Å². The SMILES string of the molecule is CC(=O)O.CC(=O)O.CI1c2ccccc2-c2ccccc21.Nc1cccc(Cl)c1C(=O)O.Nc1cccc2c3ccccc3c3ccccc3c12.[Pd]. The monoisotopic (exact) mass is 934 g/mol. The first-order valence-corrected chi connectivity index (χ1v) is 20.5. The van der Waals surface area contributed by atoms with Crippen LogP contribution in [0.5, 0.6) is 0 Å². The summed E-state index contributed by atoms with van der Waals surface area (Å²) >= 11 is 4.54. The van der Waals surface area contributed by atoms with Gasteiger partial charge in [0.2, 0.25) is 0 Å². The number of carbonyl (C=O) groups is 3. The maximum absolute atomic E-state index is 10.5. The summed E-state index contributed by atoms with van der Waals surface area (Å²) in [5.74, 6) is -2.77. The molecule has 7 N–H and O–H groups in total. The summed E-state index contributed by atoms with van der Waals surface area (Å²) < 4.78 is 3.25. The molecule has 0 saturated carbocycles. The second-order valence-electron chi connectivity index (χ2n) is 11.3. The number of halogens is 2. The number of nitrogen functional groups attached to an aromatic ring is 2. The molecule has 276 valence electrons. The van der Waals surface area contributed by atoms with Crippen molar-refractivity contribution in [2.75, 3.05) is 16.4 Å². The predicted octanol–water partition coefficient (Wildman–Crippen LogP) is 10.4. The minimum atomic E-state index is -1.10. The Balaban J connectivity index is 0.000000198. The zero-order valence-corrected chi connectivity index (χ0v) is 33.5. The Hall–Kier alpha value is -4.99. The van der Waals surface area contributed by atoms with E-state index in [1.165, 1.54) is 50.2 Å². The first-order valence-electron chi connectivity index (χ1n) is 15.9. The third-order valence-electron chi connectivity index (χ3n) is 7.71. The van der Waals surface area contributed by atoms with Crippen LogP contribution in [0.2, 0.25) is 5.02 Å². The summed E-state index contributed by atoms with van der Waals surface area (Å²) in [7, 11) is 0. The van der Waals surface area contributed by atoms with Crippen molar-refractivity contribution in [2.45, 2.75) is 13.8 Å². The molecule has 0 radical (unpaired) electrons. The fourth-order valence-corrected chi connectivity index (χ4v) is 10.8. The third-order valence-corrected chi connectivity index (χ3v) is 13.4. The average Bonchev–Trinajstić information content (AvgIpc) is 3.40. The molecular weight excluding hydrogens is 897 g/mol. The molecule has 1 aliphatic heterocycles. The molecule has 0 fully saturated rings. The van der Waals surface area contributed by atoms with Gasteiger partial charge in [0.25, 0.3) is 11.9 Å². The van der Waals surface area contributed by atoms with Gasteiger partial charge in [0.1, 0.15) is 5.56 Å². The molecule has 0 saturated heterocycles. The van der Waals surface area contributed by atoms with E-state index < -0.39 is 37.7 Å². The first-order chi connectivity index (χ1) is 24.8. The average molecular weight is 936 g/mol. The van der Waals surface area contributed by atoms with Crippen LogP contribution in [0.25, 0.3) is 43.4 Å². The van der Waals surface area contributed by atoms with Crippen molar-refractivity contribution in [3.8, 4) is 11.1 Å². The maximum Gasteiger partial charge on any atom is 0.339 e. The van der Waals surface area contributed by atoms with Gasteiger partial charge < -0.3 is 26.8 Å². The molecule has 0 aromatic heterocycles. The Labute approximate surface area is 333 Å². The number of hydrogen-bond donors (Lipinski definition) is 5. The summed E-state index contributed by atoms with van der Waals surface area (Å²) in [6.07, 6.45) is 0. The number of aromatic carboxylic acids is 1. The van der Waals surface area contributed by atoms with Crippen LogP contribution in [-0.2, 0) is 30.0 Å². The number of alkyl halides is 1. The molecule has 11 heteroatoms. The van der Waals surface area contributed by atoms with Gasteiger partial charge in [-0.1, -0.05) is 78.3 Å². The van der Waals surface area contributed by atoms with Gasteiger partial charge in [-0.05, 0) is 45.1 Å². The molecule has 7 aromatic carbocycles. The molecule has 0 bridgehead atoms. The molecule has 7 aromatic rings. The number of rotatable bonds is 1. The molecule has 53 heavy (non-hydrogen) atoms. The summed E-state index contributed by atoms with van der Waals surface area (Å²) in [6, 6.07) is 45.5. The number of carboxylic acids is 3. The number of carboxylic acid groups (broad SMARTS) is 3. The Morgan fingerprint density at radius 2 is 0.868 bits per heavy atom. The van der Waals surface area contributed by atoms with Gasteiger partial charge in [0.15, 0.2) is 0 Å². The Bertz CT molecular complexity index is 2270. The van der Waals surface area contributed by atoms with E-state index >= 15 is 0 Å². The minimum Gasteiger partial charge on any atom is -0.478 e. The van der Waals surface area contributed by atoms with E-state index in [2.05, 4.69) is 108 Å². The van der Waals surface area contributed by atoms with Crippen molar-refractivity contribution in [3.63, 3.8) is 0 Å². The molecule has 0 amide bonds. The van der Waals surface area contributed by atoms with E-state index in [1.807, 2.05) is 12.1 Å².